The van der Waals surface area contributed by atoms with Crippen molar-refractivity contribution in [1.82, 2.24) is 4.90 Å². The average molecular weight is 409 g/mol. The number of amides is 1. The summed E-state index contributed by atoms with van der Waals surface area (Å²) >= 11 is 0. The van der Waals surface area contributed by atoms with Crippen LogP contribution in [-0.2, 0) is 16.6 Å². The van der Waals surface area contributed by atoms with E-state index in [1.165, 1.54) is 5.69 Å². The highest BCUT2D eigenvalue weighted by Gasteiger charge is 2.24. The second-order valence-electron chi connectivity index (χ2n) is 7.18. The number of hydrogen-bond donors (Lipinski definition) is 0. The van der Waals surface area contributed by atoms with Crippen molar-refractivity contribution in [3.8, 4) is 0 Å². The standard InChI is InChI=1S/C23H24N2O3S/c1-18-7-10-21(11-8-18)29(27)17-20-9-12-22(28-20)23(26)25-15-13-24(14-16-25)19-5-3-2-4-6-19/h2-12H,13-17H2,1H3/t29-/m0/s1. The molecule has 0 aliphatic carbocycles. The fourth-order valence-corrected chi connectivity index (χ4v) is 4.46. The van der Waals surface area contributed by atoms with Gasteiger partial charge in [0.15, 0.2) is 5.76 Å². The minimum absolute atomic E-state index is 0.106. The number of hydrogen-bond acceptors (Lipinski definition) is 4. The van der Waals surface area contributed by atoms with E-state index in [2.05, 4.69) is 17.0 Å². The number of benzene rings is 2. The highest BCUT2D eigenvalue weighted by molar-refractivity contribution is 7.84. The van der Waals surface area contributed by atoms with Gasteiger partial charge in [-0.15, -0.1) is 0 Å². The summed E-state index contributed by atoms with van der Waals surface area (Å²) in [4.78, 5) is 17.6. The highest BCUT2D eigenvalue weighted by Crippen LogP contribution is 2.19. The molecule has 1 saturated heterocycles. The molecule has 2 aromatic carbocycles. The lowest BCUT2D eigenvalue weighted by molar-refractivity contribution is 0.0713. The van der Waals surface area contributed by atoms with Crippen LogP contribution >= 0.6 is 0 Å². The Morgan fingerprint density at radius 1 is 0.931 bits per heavy atom. The van der Waals surface area contributed by atoms with Gasteiger partial charge < -0.3 is 14.2 Å². The fourth-order valence-electron chi connectivity index (χ4n) is 3.44. The Bertz CT molecular complexity index is 990. The van der Waals surface area contributed by atoms with Crippen molar-refractivity contribution in [2.45, 2.75) is 17.6 Å². The Balaban J connectivity index is 1.35. The predicted molar refractivity (Wildman–Crippen MR) is 115 cm³/mol. The molecule has 1 amide bonds. The maximum atomic E-state index is 12.8. The molecule has 29 heavy (non-hydrogen) atoms. The zero-order valence-electron chi connectivity index (χ0n) is 16.4. The van der Waals surface area contributed by atoms with Gasteiger partial charge in [0.2, 0.25) is 0 Å². The SMILES string of the molecule is Cc1ccc([S@@](=O)Cc2ccc(C(=O)N3CCN(c4ccccc4)CC3)o2)cc1. The third kappa shape index (κ3) is 4.59. The van der Waals surface area contributed by atoms with Crippen LogP contribution in [0.5, 0.6) is 0 Å². The Labute approximate surface area is 173 Å². The maximum absolute atomic E-state index is 12.8. The maximum Gasteiger partial charge on any atom is 0.289 e. The zero-order valence-corrected chi connectivity index (χ0v) is 17.2. The van der Waals surface area contributed by atoms with E-state index in [-0.39, 0.29) is 11.7 Å². The van der Waals surface area contributed by atoms with Crippen LogP contribution in [0.3, 0.4) is 0 Å². The van der Waals surface area contributed by atoms with Crippen LogP contribution in [0.2, 0.25) is 0 Å². The van der Waals surface area contributed by atoms with Crippen molar-refractivity contribution < 1.29 is 13.4 Å². The number of para-hydroxylation sites is 1. The molecule has 0 saturated carbocycles. The van der Waals surface area contributed by atoms with Crippen molar-refractivity contribution in [2.24, 2.45) is 0 Å². The Kier molecular flexibility index (Phi) is 5.81. The van der Waals surface area contributed by atoms with Crippen LogP contribution in [0, 0.1) is 6.92 Å². The van der Waals surface area contributed by atoms with Crippen LogP contribution in [0.4, 0.5) is 5.69 Å². The van der Waals surface area contributed by atoms with E-state index in [1.807, 2.05) is 54.3 Å². The molecule has 0 unspecified atom stereocenters. The van der Waals surface area contributed by atoms with Crippen LogP contribution in [0.15, 0.2) is 76.0 Å². The molecule has 6 heteroatoms. The van der Waals surface area contributed by atoms with Crippen LogP contribution in [0.25, 0.3) is 0 Å². The van der Waals surface area contributed by atoms with Gasteiger partial charge in [-0.3, -0.25) is 9.00 Å². The minimum atomic E-state index is -1.20. The molecule has 150 valence electrons. The largest absolute Gasteiger partial charge is 0.455 e. The number of nitrogens with zero attached hydrogens (tertiary/aromatic N) is 2. The first-order valence-corrected chi connectivity index (χ1v) is 11.0. The van der Waals surface area contributed by atoms with Crippen molar-refractivity contribution >= 4 is 22.4 Å². The Hall–Kier alpha value is -2.86. The van der Waals surface area contributed by atoms with Crippen LogP contribution in [0.1, 0.15) is 21.9 Å². The molecule has 1 aliphatic heterocycles. The lowest BCUT2D eigenvalue weighted by Crippen LogP contribution is -2.48. The van der Waals surface area contributed by atoms with E-state index in [0.29, 0.717) is 24.6 Å². The molecule has 1 aromatic heterocycles. The molecule has 4 rings (SSSR count). The third-order valence-corrected chi connectivity index (χ3v) is 6.46. The monoisotopic (exact) mass is 408 g/mol. The van der Waals surface area contributed by atoms with Crippen LogP contribution in [-0.4, -0.2) is 41.2 Å². The lowest BCUT2D eigenvalue weighted by Gasteiger charge is -2.35. The summed E-state index contributed by atoms with van der Waals surface area (Å²) in [5.41, 5.74) is 2.31. The average Bonchev–Trinajstić information content (AvgIpc) is 3.23. The molecule has 3 aromatic rings. The number of carbonyl (C=O) groups excluding carboxylic acids is 1. The highest BCUT2D eigenvalue weighted by atomic mass is 32.2. The zero-order chi connectivity index (χ0) is 20.2. The van der Waals surface area contributed by atoms with Crippen molar-refractivity contribution in [3.05, 3.63) is 83.8 Å². The van der Waals surface area contributed by atoms with E-state index < -0.39 is 10.8 Å². The van der Waals surface area contributed by atoms with Gasteiger partial charge in [-0.2, -0.15) is 0 Å². The van der Waals surface area contributed by atoms with Gasteiger partial charge >= 0.3 is 0 Å². The third-order valence-electron chi connectivity index (χ3n) is 5.12. The summed E-state index contributed by atoms with van der Waals surface area (Å²) in [5.74, 6) is 1.03. The Morgan fingerprint density at radius 2 is 1.62 bits per heavy atom. The molecular formula is C23H24N2O3S. The minimum Gasteiger partial charge on any atom is -0.455 e. The van der Waals surface area contributed by atoms with Crippen molar-refractivity contribution in [3.63, 3.8) is 0 Å². The quantitative estimate of drug-likeness (QED) is 0.643. The van der Waals surface area contributed by atoms with Gasteiger partial charge in [-0.05, 0) is 43.3 Å². The topological polar surface area (TPSA) is 53.8 Å². The molecule has 2 heterocycles. The molecule has 0 bridgehead atoms. The van der Waals surface area contributed by atoms with Gasteiger partial charge in [-0.25, -0.2) is 0 Å². The number of carbonyl (C=O) groups is 1. The molecule has 1 fully saturated rings. The normalized spacial score (nSPS) is 15.3. The second-order valence-corrected chi connectivity index (χ2v) is 8.63. The number of piperazine rings is 1. The number of rotatable bonds is 5. The van der Waals surface area contributed by atoms with E-state index >= 15 is 0 Å². The summed E-state index contributed by atoms with van der Waals surface area (Å²) in [5, 5.41) is 0. The summed E-state index contributed by atoms with van der Waals surface area (Å²) < 4.78 is 18.3. The van der Waals surface area contributed by atoms with Gasteiger partial charge in [-0.1, -0.05) is 35.9 Å². The molecule has 0 N–H and O–H groups in total. The summed E-state index contributed by atoms with van der Waals surface area (Å²) in [7, 11) is -1.20. The first-order chi connectivity index (χ1) is 14.1. The first-order valence-electron chi connectivity index (χ1n) is 9.73. The van der Waals surface area contributed by atoms with Crippen molar-refractivity contribution in [2.75, 3.05) is 31.1 Å². The summed E-state index contributed by atoms with van der Waals surface area (Å²) in [6, 6.07) is 21.3. The number of aryl methyl sites for hydroxylation is 1. The Morgan fingerprint density at radius 3 is 2.31 bits per heavy atom. The van der Waals surface area contributed by atoms with Gasteiger partial charge in [0, 0.05) is 36.8 Å². The molecule has 0 spiro atoms. The summed E-state index contributed by atoms with van der Waals surface area (Å²) in [6.45, 7) is 4.89. The number of furan rings is 1. The van der Waals surface area contributed by atoms with Gasteiger partial charge in [0.1, 0.15) is 5.76 Å². The van der Waals surface area contributed by atoms with Crippen molar-refractivity contribution in [1.29, 1.82) is 0 Å². The van der Waals surface area contributed by atoms with E-state index in [9.17, 15) is 9.00 Å². The molecule has 1 aliphatic rings. The van der Waals surface area contributed by atoms with E-state index in [0.717, 1.165) is 23.5 Å². The lowest BCUT2D eigenvalue weighted by atomic mass is 10.2. The molecule has 0 radical (unpaired) electrons. The predicted octanol–water partition coefficient (Wildman–Crippen LogP) is 3.86. The molecular weight excluding hydrogens is 384 g/mol. The van der Waals surface area contributed by atoms with E-state index in [1.54, 1.807) is 12.1 Å². The molecule has 5 nitrogen and oxygen atoms in total. The molecule has 1 atom stereocenters. The summed E-state index contributed by atoms with van der Waals surface area (Å²) in [6.07, 6.45) is 0. The first kappa shape index (κ1) is 19.5. The second kappa shape index (κ2) is 8.66. The fraction of sp³-hybridized carbons (Fsp3) is 0.261. The van der Waals surface area contributed by atoms with Gasteiger partial charge in [0.05, 0.1) is 16.6 Å². The van der Waals surface area contributed by atoms with E-state index in [4.69, 9.17) is 4.42 Å². The van der Waals surface area contributed by atoms with Crippen LogP contribution < -0.4 is 4.90 Å². The number of anilines is 1. The van der Waals surface area contributed by atoms with Gasteiger partial charge in [0.25, 0.3) is 5.91 Å². The smallest absolute Gasteiger partial charge is 0.289 e.